The molecule has 0 radical (unpaired) electrons. The lowest BCUT2D eigenvalue weighted by Gasteiger charge is -2.19. The highest BCUT2D eigenvalue weighted by Gasteiger charge is 2.34. The van der Waals surface area contributed by atoms with Crippen LogP contribution >= 0.6 is 0 Å². The minimum absolute atomic E-state index is 0.0294. The lowest BCUT2D eigenvalue weighted by Crippen LogP contribution is -2.10. The van der Waals surface area contributed by atoms with Crippen LogP contribution < -0.4 is 0 Å². The Bertz CT molecular complexity index is 2050. The fourth-order valence-electron chi connectivity index (χ4n) is 6.96. The van der Waals surface area contributed by atoms with Crippen LogP contribution in [0.3, 0.4) is 0 Å². The van der Waals surface area contributed by atoms with Crippen molar-refractivity contribution in [1.82, 2.24) is 0 Å². The van der Waals surface area contributed by atoms with Crippen molar-refractivity contribution in [3.05, 3.63) is 147 Å². The van der Waals surface area contributed by atoms with Gasteiger partial charge in [-0.25, -0.2) is 0 Å². The van der Waals surface area contributed by atoms with Gasteiger partial charge in [-0.05, 0) is 102 Å². The molecule has 0 bridgehead atoms. The number of allylic oxidation sites excluding steroid dienone is 2. The zero-order valence-corrected chi connectivity index (χ0v) is 33.0. The molecule has 0 N–H and O–H groups in total. The molecule has 0 nitrogen and oxygen atoms in total. The first-order chi connectivity index (χ1) is 23.3. The monoisotopic (exact) mass is 673 g/mol. The summed E-state index contributed by atoms with van der Waals surface area (Å²) in [5, 5.41) is 0. The summed E-state index contributed by atoms with van der Waals surface area (Å²) in [6.45, 7) is 27.9. The molecule has 0 unspecified atom stereocenters. The fourth-order valence-corrected chi connectivity index (χ4v) is 7.89. The van der Waals surface area contributed by atoms with Crippen LogP contribution in [0.1, 0.15) is 122 Å². The van der Waals surface area contributed by atoms with E-state index in [-0.39, 0.29) is 21.7 Å². The molecule has 1 aliphatic heterocycles. The van der Waals surface area contributed by atoms with Crippen LogP contribution in [0, 0.1) is 11.8 Å². The van der Waals surface area contributed by atoms with Crippen molar-refractivity contribution in [1.29, 1.82) is 0 Å². The van der Waals surface area contributed by atoms with E-state index >= 15 is 0 Å². The summed E-state index contributed by atoms with van der Waals surface area (Å²) in [4.78, 5) is 2.31. The zero-order valence-electron chi connectivity index (χ0n) is 32.2. The molecule has 4 aliphatic carbocycles. The average Bonchev–Trinajstić information content (AvgIpc) is 3.62. The van der Waals surface area contributed by atoms with Gasteiger partial charge in [-0.15, -0.1) is 0 Å². The summed E-state index contributed by atoms with van der Waals surface area (Å²) in [6, 6.07) is 34.2. The molecule has 5 aliphatic rings. The molecule has 0 saturated carbocycles. The molecule has 6 rings (SSSR count). The van der Waals surface area contributed by atoms with Crippen LogP contribution in [0.5, 0.6) is 0 Å². The van der Waals surface area contributed by atoms with Crippen molar-refractivity contribution in [2.24, 2.45) is 0 Å². The largest absolute Gasteiger partial charge is 0.282 e. The summed E-state index contributed by atoms with van der Waals surface area (Å²) < 4.78 is 0. The van der Waals surface area contributed by atoms with E-state index in [2.05, 4.69) is 180 Å². The van der Waals surface area contributed by atoms with Crippen molar-refractivity contribution >= 4 is 21.8 Å². The third kappa shape index (κ3) is 7.15. The minimum Gasteiger partial charge on any atom is -0.0622 e. The quantitative estimate of drug-likeness (QED) is 0.0994. The molecule has 0 saturated heterocycles. The topological polar surface area (TPSA) is 0 Å². The van der Waals surface area contributed by atoms with Gasteiger partial charge in [0.1, 0.15) is 0 Å². The van der Waals surface area contributed by atoms with Gasteiger partial charge >= 0.3 is 0 Å². The maximum absolute atomic E-state index is 3.49. The molecule has 1 heteroatoms. The molecular weight excluding hydrogens is 621 g/mol. The smallest absolute Gasteiger partial charge is 0.0622 e. The van der Waals surface area contributed by atoms with Gasteiger partial charge in [0.05, 0.1) is 5.57 Å². The third-order valence-corrected chi connectivity index (χ3v) is 10.9. The highest BCUT2D eigenvalue weighted by atomic mass is 32.1. The van der Waals surface area contributed by atoms with Crippen molar-refractivity contribution in [3.8, 4) is 34.1 Å². The van der Waals surface area contributed by atoms with E-state index in [1.54, 1.807) is 11.4 Å². The van der Waals surface area contributed by atoms with E-state index in [9.17, 15) is 0 Å². The molecule has 0 fully saturated rings. The third-order valence-electron chi connectivity index (χ3n) is 9.88. The second-order valence-electron chi connectivity index (χ2n) is 18.0. The lowest BCUT2D eigenvalue weighted by atomic mass is 9.85. The van der Waals surface area contributed by atoms with Crippen molar-refractivity contribution in [3.63, 3.8) is 0 Å². The molecule has 0 amide bonds. The van der Waals surface area contributed by atoms with E-state index in [4.69, 9.17) is 0 Å². The van der Waals surface area contributed by atoms with Crippen LogP contribution in [-0.2, 0) is 33.0 Å². The van der Waals surface area contributed by atoms with Crippen molar-refractivity contribution < 1.29 is 0 Å². The average molecular weight is 674 g/mol. The number of benzene rings is 1. The van der Waals surface area contributed by atoms with Gasteiger partial charge < -0.3 is 0 Å². The molecule has 1 aromatic carbocycles. The molecular formula is C49H53S+. The molecule has 0 atom stereocenters. The second kappa shape index (κ2) is 12.8. The van der Waals surface area contributed by atoms with Gasteiger partial charge in [0.15, 0.2) is 0 Å². The summed E-state index contributed by atoms with van der Waals surface area (Å²) in [5.74, 6) is 6.89. The Morgan fingerprint density at radius 1 is 0.460 bits per heavy atom. The predicted octanol–water partition coefficient (Wildman–Crippen LogP) is 12.7. The maximum Gasteiger partial charge on any atom is 0.282 e. The van der Waals surface area contributed by atoms with E-state index in [1.807, 2.05) is 18.2 Å². The highest BCUT2D eigenvalue weighted by molar-refractivity contribution is 7.84. The van der Waals surface area contributed by atoms with E-state index in [0.717, 1.165) is 10.4 Å². The Balaban J connectivity index is 1.71. The van der Waals surface area contributed by atoms with E-state index < -0.39 is 0 Å². The lowest BCUT2D eigenvalue weighted by molar-refractivity contribution is 0.590. The minimum atomic E-state index is -0.0294. The van der Waals surface area contributed by atoms with Crippen molar-refractivity contribution in [2.75, 3.05) is 0 Å². The van der Waals surface area contributed by atoms with Gasteiger partial charge in [-0.1, -0.05) is 156 Å². The molecule has 50 heavy (non-hydrogen) atoms. The number of hydrogen-bond acceptors (Lipinski definition) is 0. The second-order valence-corrected chi connectivity index (χ2v) is 19.1. The summed E-state index contributed by atoms with van der Waals surface area (Å²) in [6.07, 6.45) is 4.50. The van der Waals surface area contributed by atoms with Crippen LogP contribution in [-0.4, -0.2) is 4.86 Å². The Morgan fingerprint density at radius 3 is 1.32 bits per heavy atom. The number of rotatable bonds is 2. The Morgan fingerprint density at radius 2 is 0.900 bits per heavy atom. The van der Waals surface area contributed by atoms with E-state index in [1.165, 1.54) is 66.1 Å². The Labute approximate surface area is 306 Å². The Hall–Kier alpha value is -4.25. The Kier molecular flexibility index (Phi) is 9.12. The standard InChI is InChI=1S/C49H53S/c1-46(2,3)33-19-25-36-38(27-21-33)42(48(7,8)9)30-40(36)45(44-29-24-35(50-44)23-18-32-16-14-13-15-17-32)41-31-43(49(10,11)12)39-28-22-34(47(4,5)6)20-26-37(39)41/h13-17,19-22,24-31H,1-12H3/q+1. The number of fused-ring (bicyclic) bond motifs is 2. The normalized spacial score (nSPS) is 13.8. The summed E-state index contributed by atoms with van der Waals surface area (Å²) in [7, 11) is 0. The SMILES string of the molecule is CC(C)(C)c1ccc2c(C(=C3C=CC(C#Cc4ccccc4)=[S+]3)c3cc(C(C)(C)C)c4ccc(C(C)(C)C)ccc3-4)cc(C(C)(C)C)c-2cc1. The van der Waals surface area contributed by atoms with Crippen molar-refractivity contribution in [2.45, 2.75) is 105 Å². The maximum atomic E-state index is 3.49. The number of hydrogen-bond donors (Lipinski definition) is 0. The first-order valence-corrected chi connectivity index (χ1v) is 18.8. The van der Waals surface area contributed by atoms with Gasteiger partial charge in [-0.3, -0.25) is 0 Å². The molecule has 0 spiro atoms. The summed E-state index contributed by atoms with van der Waals surface area (Å²) in [5.41, 5.74) is 15.6. The van der Waals surface area contributed by atoms with Gasteiger partial charge in [0.25, 0.3) is 4.86 Å². The van der Waals surface area contributed by atoms with Crippen LogP contribution in [0.4, 0.5) is 0 Å². The van der Waals surface area contributed by atoms with Gasteiger partial charge in [0, 0.05) is 23.6 Å². The molecule has 254 valence electrons. The van der Waals surface area contributed by atoms with Crippen LogP contribution in [0.2, 0.25) is 0 Å². The first-order valence-electron chi connectivity index (χ1n) is 18.0. The first kappa shape index (κ1) is 35.6. The molecule has 0 aromatic heterocycles. The molecule has 1 heterocycles. The fraction of sp³-hybridized carbons (Fsp3) is 0.327. The zero-order chi connectivity index (χ0) is 36.2. The van der Waals surface area contributed by atoms with Gasteiger partial charge in [-0.2, -0.15) is 0 Å². The molecule has 1 aromatic rings. The van der Waals surface area contributed by atoms with Gasteiger partial charge in [0.2, 0.25) is 16.3 Å². The highest BCUT2D eigenvalue weighted by Crippen LogP contribution is 2.49. The predicted molar refractivity (Wildman–Crippen MR) is 222 cm³/mol. The summed E-state index contributed by atoms with van der Waals surface area (Å²) >= 11 is 1.80. The van der Waals surface area contributed by atoms with Crippen LogP contribution in [0.25, 0.3) is 27.8 Å². The van der Waals surface area contributed by atoms with E-state index in [0.29, 0.717) is 0 Å². The van der Waals surface area contributed by atoms with Crippen LogP contribution in [0.15, 0.2) is 108 Å².